The molecule has 28 heavy (non-hydrogen) atoms. The molecule has 0 fully saturated rings. The standard InChI is InChI=1S/C24H22BrClN2/c25-19-14-21-20(8-4-5-13-27)23(28-24(21)22(26)15-19)18-11-9-17(10-12-18)16-6-2-1-3-7-16/h1-3,6-7,9-12,14-15,28H,4-5,8,13,27H2. The van der Waals surface area contributed by atoms with Gasteiger partial charge in [-0.2, -0.15) is 0 Å². The smallest absolute Gasteiger partial charge is 0.0658 e. The topological polar surface area (TPSA) is 41.8 Å². The van der Waals surface area contributed by atoms with Gasteiger partial charge in [-0.15, -0.1) is 0 Å². The van der Waals surface area contributed by atoms with Crippen LogP contribution in [0.25, 0.3) is 33.3 Å². The molecule has 0 unspecified atom stereocenters. The maximum atomic E-state index is 6.52. The van der Waals surface area contributed by atoms with E-state index in [1.54, 1.807) is 0 Å². The van der Waals surface area contributed by atoms with Gasteiger partial charge in [0.05, 0.1) is 10.5 Å². The van der Waals surface area contributed by atoms with Crippen LogP contribution in [-0.2, 0) is 6.42 Å². The molecule has 4 aromatic rings. The number of aromatic nitrogens is 1. The van der Waals surface area contributed by atoms with Gasteiger partial charge >= 0.3 is 0 Å². The Bertz CT molecular complexity index is 1090. The van der Waals surface area contributed by atoms with E-state index in [0.29, 0.717) is 6.54 Å². The molecule has 0 radical (unpaired) electrons. The van der Waals surface area contributed by atoms with Crippen molar-refractivity contribution < 1.29 is 0 Å². The average molecular weight is 454 g/mol. The van der Waals surface area contributed by atoms with Gasteiger partial charge in [-0.1, -0.05) is 82.1 Å². The highest BCUT2D eigenvalue weighted by atomic mass is 79.9. The van der Waals surface area contributed by atoms with E-state index in [0.717, 1.165) is 40.0 Å². The van der Waals surface area contributed by atoms with Crippen molar-refractivity contribution in [2.45, 2.75) is 19.3 Å². The molecule has 0 atom stereocenters. The molecule has 0 spiro atoms. The lowest BCUT2D eigenvalue weighted by atomic mass is 9.98. The van der Waals surface area contributed by atoms with Crippen LogP contribution in [0.5, 0.6) is 0 Å². The molecule has 2 nitrogen and oxygen atoms in total. The van der Waals surface area contributed by atoms with Gasteiger partial charge in [-0.05, 0) is 60.2 Å². The van der Waals surface area contributed by atoms with Crippen molar-refractivity contribution in [2.75, 3.05) is 6.54 Å². The molecule has 0 amide bonds. The van der Waals surface area contributed by atoms with Gasteiger partial charge in [-0.3, -0.25) is 0 Å². The maximum absolute atomic E-state index is 6.52. The molecular weight excluding hydrogens is 432 g/mol. The van der Waals surface area contributed by atoms with Crippen molar-refractivity contribution in [1.82, 2.24) is 4.98 Å². The lowest BCUT2D eigenvalue weighted by molar-refractivity contribution is 0.748. The number of nitrogens with one attached hydrogen (secondary N) is 1. The molecule has 142 valence electrons. The second kappa shape index (κ2) is 8.52. The average Bonchev–Trinajstić information content (AvgIpc) is 3.08. The minimum absolute atomic E-state index is 0.716. The van der Waals surface area contributed by atoms with E-state index in [4.69, 9.17) is 17.3 Å². The zero-order valence-corrected chi connectivity index (χ0v) is 17.9. The maximum Gasteiger partial charge on any atom is 0.0658 e. The first-order valence-electron chi connectivity index (χ1n) is 9.53. The number of H-pyrrole nitrogens is 1. The van der Waals surface area contributed by atoms with Gasteiger partial charge in [0, 0.05) is 15.6 Å². The van der Waals surface area contributed by atoms with E-state index < -0.39 is 0 Å². The van der Waals surface area contributed by atoms with Crippen molar-refractivity contribution in [3.63, 3.8) is 0 Å². The quantitative estimate of drug-likeness (QED) is 0.298. The summed E-state index contributed by atoms with van der Waals surface area (Å²) < 4.78 is 0.995. The van der Waals surface area contributed by atoms with E-state index in [-0.39, 0.29) is 0 Å². The van der Waals surface area contributed by atoms with Crippen molar-refractivity contribution in [2.24, 2.45) is 5.73 Å². The summed E-state index contributed by atoms with van der Waals surface area (Å²) in [6.07, 6.45) is 3.04. The molecular formula is C24H22BrClN2. The number of rotatable bonds is 6. The molecule has 1 heterocycles. The largest absolute Gasteiger partial charge is 0.353 e. The molecule has 3 N–H and O–H groups in total. The lowest BCUT2D eigenvalue weighted by Crippen LogP contribution is -1.99. The molecule has 0 aliphatic rings. The fourth-order valence-electron chi connectivity index (χ4n) is 3.69. The first kappa shape index (κ1) is 19.3. The van der Waals surface area contributed by atoms with E-state index in [2.05, 4.69) is 75.5 Å². The molecule has 0 aliphatic carbocycles. The van der Waals surface area contributed by atoms with E-state index in [1.807, 2.05) is 12.1 Å². The number of unbranched alkanes of at least 4 members (excludes halogenated alkanes) is 1. The van der Waals surface area contributed by atoms with Gasteiger partial charge in [0.2, 0.25) is 0 Å². The number of hydrogen-bond donors (Lipinski definition) is 2. The van der Waals surface area contributed by atoms with Crippen LogP contribution in [0.15, 0.2) is 71.2 Å². The summed E-state index contributed by atoms with van der Waals surface area (Å²) in [7, 11) is 0. The van der Waals surface area contributed by atoms with Gasteiger partial charge in [0.1, 0.15) is 0 Å². The van der Waals surface area contributed by atoms with Crippen molar-refractivity contribution in [3.8, 4) is 22.4 Å². The number of benzene rings is 3. The first-order valence-corrected chi connectivity index (χ1v) is 10.7. The Morgan fingerprint density at radius 1 is 0.857 bits per heavy atom. The van der Waals surface area contributed by atoms with E-state index in [9.17, 15) is 0 Å². The minimum atomic E-state index is 0.716. The van der Waals surface area contributed by atoms with Crippen LogP contribution in [0.3, 0.4) is 0 Å². The predicted octanol–water partition coefficient (Wildman–Crippen LogP) is 7.20. The Kier molecular flexibility index (Phi) is 5.86. The summed E-state index contributed by atoms with van der Waals surface area (Å²) in [6, 6.07) is 23.2. The van der Waals surface area contributed by atoms with Gasteiger partial charge < -0.3 is 10.7 Å². The number of fused-ring (bicyclic) bond motifs is 1. The molecule has 0 aliphatic heterocycles. The highest BCUT2D eigenvalue weighted by Crippen LogP contribution is 2.37. The molecule has 4 heteroatoms. The number of aryl methyl sites for hydroxylation is 1. The fourth-order valence-corrected chi connectivity index (χ4v) is 4.54. The second-order valence-electron chi connectivity index (χ2n) is 6.98. The lowest BCUT2D eigenvalue weighted by Gasteiger charge is -2.07. The third-order valence-electron chi connectivity index (χ3n) is 5.09. The van der Waals surface area contributed by atoms with Gasteiger partial charge in [-0.25, -0.2) is 0 Å². The molecule has 0 saturated carbocycles. The zero-order chi connectivity index (χ0) is 19.5. The predicted molar refractivity (Wildman–Crippen MR) is 124 cm³/mol. The number of halogens is 2. The molecule has 0 saturated heterocycles. The monoisotopic (exact) mass is 452 g/mol. The van der Waals surface area contributed by atoms with E-state index >= 15 is 0 Å². The summed E-state index contributed by atoms with van der Waals surface area (Å²) >= 11 is 10.1. The molecule has 4 rings (SSSR count). The van der Waals surface area contributed by atoms with Gasteiger partial charge in [0.15, 0.2) is 0 Å². The van der Waals surface area contributed by atoms with Crippen LogP contribution in [0.4, 0.5) is 0 Å². The highest BCUT2D eigenvalue weighted by Gasteiger charge is 2.16. The number of nitrogens with two attached hydrogens (primary N) is 1. The normalized spacial score (nSPS) is 11.2. The Balaban J connectivity index is 1.78. The first-order chi connectivity index (χ1) is 13.7. The molecule has 0 bridgehead atoms. The van der Waals surface area contributed by atoms with Crippen molar-refractivity contribution in [3.05, 3.63) is 81.8 Å². The molecule has 1 aromatic heterocycles. The SMILES string of the molecule is NCCCCc1c(-c2ccc(-c3ccccc3)cc2)[nH]c2c(Cl)cc(Br)cc12. The summed E-state index contributed by atoms with van der Waals surface area (Å²) in [4.78, 5) is 3.58. The third-order valence-corrected chi connectivity index (χ3v) is 5.85. The van der Waals surface area contributed by atoms with Crippen LogP contribution in [0.2, 0.25) is 5.02 Å². The van der Waals surface area contributed by atoms with Crippen LogP contribution >= 0.6 is 27.5 Å². The zero-order valence-electron chi connectivity index (χ0n) is 15.5. The Hall–Kier alpha value is -2.07. The van der Waals surface area contributed by atoms with Crippen LogP contribution in [0, 0.1) is 0 Å². The summed E-state index contributed by atoms with van der Waals surface area (Å²) in [5.41, 5.74) is 12.8. The number of hydrogen-bond acceptors (Lipinski definition) is 1. The van der Waals surface area contributed by atoms with Crippen molar-refractivity contribution >= 4 is 38.4 Å². The van der Waals surface area contributed by atoms with Crippen LogP contribution in [0.1, 0.15) is 18.4 Å². The highest BCUT2D eigenvalue weighted by molar-refractivity contribution is 9.10. The molecule has 3 aromatic carbocycles. The Labute approximate surface area is 178 Å². The Morgan fingerprint density at radius 2 is 1.54 bits per heavy atom. The van der Waals surface area contributed by atoms with Crippen LogP contribution < -0.4 is 5.73 Å². The summed E-state index contributed by atoms with van der Waals surface area (Å²) in [5.74, 6) is 0. The Morgan fingerprint density at radius 3 is 2.25 bits per heavy atom. The van der Waals surface area contributed by atoms with E-state index in [1.165, 1.54) is 27.6 Å². The minimum Gasteiger partial charge on any atom is -0.353 e. The summed E-state index contributed by atoms with van der Waals surface area (Å²) in [5, 5.41) is 1.91. The summed E-state index contributed by atoms with van der Waals surface area (Å²) in [6.45, 7) is 0.716. The second-order valence-corrected chi connectivity index (χ2v) is 8.30. The fraction of sp³-hybridized carbons (Fsp3) is 0.167. The van der Waals surface area contributed by atoms with Crippen molar-refractivity contribution in [1.29, 1.82) is 0 Å². The third kappa shape index (κ3) is 3.88. The number of aromatic amines is 1. The van der Waals surface area contributed by atoms with Crippen LogP contribution in [-0.4, -0.2) is 11.5 Å². The van der Waals surface area contributed by atoms with Gasteiger partial charge in [0.25, 0.3) is 0 Å².